The predicted octanol–water partition coefficient (Wildman–Crippen LogP) is 3.15. The molecule has 0 spiro atoms. The molecule has 0 aliphatic rings. The number of anilines is 2. The molecule has 0 aliphatic heterocycles. The second-order valence-corrected chi connectivity index (χ2v) is 7.21. The number of nitrogen functional groups attached to an aromatic ring is 1. The molecule has 0 aliphatic carbocycles. The quantitative estimate of drug-likeness (QED) is 0.392. The fourth-order valence-corrected chi connectivity index (χ4v) is 3.70. The molecule has 1 aromatic carbocycles. The average molecular weight is 433 g/mol. The maximum atomic E-state index is 13.8. The number of imidazole rings is 1. The van der Waals surface area contributed by atoms with E-state index in [2.05, 4.69) is 25.3 Å². The molecule has 8 nitrogen and oxygen atoms in total. The van der Waals surface area contributed by atoms with Crippen LogP contribution in [-0.2, 0) is 6.42 Å². The van der Waals surface area contributed by atoms with Crippen molar-refractivity contribution >= 4 is 28.4 Å². The van der Waals surface area contributed by atoms with Crippen LogP contribution in [-0.4, -0.2) is 30.9 Å². The molecule has 0 atom stereocenters. The van der Waals surface area contributed by atoms with Crippen LogP contribution in [0.1, 0.15) is 5.56 Å². The van der Waals surface area contributed by atoms with Gasteiger partial charge in [0.05, 0.1) is 11.9 Å². The highest BCUT2D eigenvalue weighted by atomic mass is 19.1. The van der Waals surface area contributed by atoms with Crippen LogP contribution in [0.15, 0.2) is 59.8 Å². The minimum atomic E-state index is -0.525. The van der Waals surface area contributed by atoms with Crippen molar-refractivity contribution in [2.24, 2.45) is 0 Å². The molecule has 0 fully saturated rings. The number of fused-ring (bicyclic) bond motifs is 2. The Kier molecular flexibility index (Phi) is 4.74. The van der Waals surface area contributed by atoms with E-state index in [1.165, 1.54) is 41.1 Å². The number of rotatable bonds is 5. The molecule has 0 saturated heterocycles. The molecule has 4 aromatic heterocycles. The number of benzene rings is 1. The van der Waals surface area contributed by atoms with E-state index in [0.717, 1.165) is 11.8 Å². The average Bonchev–Trinajstić information content (AvgIpc) is 3.24. The molecular formula is C22H17F2N7O. The molecule has 0 bridgehead atoms. The van der Waals surface area contributed by atoms with E-state index in [9.17, 15) is 13.6 Å². The molecule has 5 aromatic rings. The molecular weight excluding hydrogens is 416 g/mol. The van der Waals surface area contributed by atoms with Gasteiger partial charge in [0.15, 0.2) is 11.5 Å². The van der Waals surface area contributed by atoms with E-state index in [4.69, 9.17) is 5.73 Å². The fourth-order valence-electron chi connectivity index (χ4n) is 3.70. The van der Waals surface area contributed by atoms with Gasteiger partial charge in [0.25, 0.3) is 5.56 Å². The lowest BCUT2D eigenvalue weighted by Crippen LogP contribution is -2.20. The lowest BCUT2D eigenvalue weighted by atomic mass is 9.98. The first-order valence-electron chi connectivity index (χ1n) is 9.80. The third-order valence-corrected chi connectivity index (χ3v) is 5.14. The van der Waals surface area contributed by atoms with Gasteiger partial charge in [0.1, 0.15) is 17.2 Å². The van der Waals surface area contributed by atoms with Crippen molar-refractivity contribution < 1.29 is 8.78 Å². The van der Waals surface area contributed by atoms with Crippen LogP contribution in [0.5, 0.6) is 0 Å². The lowest BCUT2D eigenvalue weighted by molar-refractivity contribution is 0.618. The van der Waals surface area contributed by atoms with Gasteiger partial charge in [-0.1, -0.05) is 12.1 Å². The number of nitrogens with zero attached hydrogens (tertiary/aromatic N) is 4. The zero-order valence-electron chi connectivity index (χ0n) is 16.6. The highest BCUT2D eigenvalue weighted by Gasteiger charge is 2.15. The topological polar surface area (TPSA) is 114 Å². The van der Waals surface area contributed by atoms with Crippen molar-refractivity contribution in [3.05, 3.63) is 82.5 Å². The monoisotopic (exact) mass is 433 g/mol. The van der Waals surface area contributed by atoms with Crippen molar-refractivity contribution in [2.45, 2.75) is 6.42 Å². The third kappa shape index (κ3) is 3.51. The minimum absolute atomic E-state index is 0.0993. The molecule has 4 heterocycles. The van der Waals surface area contributed by atoms with E-state index >= 15 is 0 Å². The van der Waals surface area contributed by atoms with Gasteiger partial charge in [-0.2, -0.15) is 9.97 Å². The van der Waals surface area contributed by atoms with Crippen molar-refractivity contribution in [1.82, 2.24) is 24.3 Å². The van der Waals surface area contributed by atoms with Gasteiger partial charge in [-0.15, -0.1) is 0 Å². The van der Waals surface area contributed by atoms with Crippen LogP contribution in [0.25, 0.3) is 27.8 Å². The molecule has 32 heavy (non-hydrogen) atoms. The molecule has 0 amide bonds. The summed E-state index contributed by atoms with van der Waals surface area (Å²) in [6.45, 7) is 0.406. The Labute approximate surface area is 179 Å². The Hall–Kier alpha value is -4.34. The van der Waals surface area contributed by atoms with Crippen molar-refractivity contribution in [3.8, 4) is 11.1 Å². The van der Waals surface area contributed by atoms with Crippen LogP contribution >= 0.6 is 0 Å². The van der Waals surface area contributed by atoms with Crippen molar-refractivity contribution in [3.63, 3.8) is 0 Å². The zero-order chi connectivity index (χ0) is 22.2. The number of halogens is 2. The second-order valence-electron chi connectivity index (χ2n) is 7.21. The minimum Gasteiger partial charge on any atom is -0.368 e. The van der Waals surface area contributed by atoms with Crippen molar-refractivity contribution in [2.75, 3.05) is 17.6 Å². The van der Waals surface area contributed by atoms with Crippen LogP contribution < -0.4 is 16.6 Å². The van der Waals surface area contributed by atoms with E-state index < -0.39 is 11.6 Å². The van der Waals surface area contributed by atoms with Crippen LogP contribution in [0.3, 0.4) is 0 Å². The van der Waals surface area contributed by atoms with Gasteiger partial charge >= 0.3 is 0 Å². The van der Waals surface area contributed by atoms with E-state index in [1.54, 1.807) is 6.07 Å². The van der Waals surface area contributed by atoms with E-state index in [-0.39, 0.29) is 11.5 Å². The summed E-state index contributed by atoms with van der Waals surface area (Å²) >= 11 is 0. The molecule has 4 N–H and O–H groups in total. The SMILES string of the molecule is Nc1nc(NCCc2cc3ccc(F)cn3c(=O)c2-c2ccc(F)cc2)c2nc[nH]c2n1. The van der Waals surface area contributed by atoms with Gasteiger partial charge in [-0.25, -0.2) is 13.8 Å². The summed E-state index contributed by atoms with van der Waals surface area (Å²) in [5.74, 6) is -0.365. The van der Waals surface area contributed by atoms with E-state index in [1.807, 2.05) is 6.07 Å². The Morgan fingerprint density at radius 3 is 2.66 bits per heavy atom. The molecule has 160 valence electrons. The first-order valence-corrected chi connectivity index (χ1v) is 9.80. The number of aromatic nitrogens is 5. The smallest absolute Gasteiger partial charge is 0.263 e. The summed E-state index contributed by atoms with van der Waals surface area (Å²) in [6.07, 6.45) is 3.08. The summed E-state index contributed by atoms with van der Waals surface area (Å²) in [4.78, 5) is 28.6. The molecule has 0 radical (unpaired) electrons. The van der Waals surface area contributed by atoms with Gasteiger partial charge < -0.3 is 16.0 Å². The summed E-state index contributed by atoms with van der Waals surface area (Å²) in [6, 6.07) is 10.3. The molecule has 5 rings (SSSR count). The normalized spacial score (nSPS) is 11.3. The number of H-pyrrole nitrogens is 1. The Bertz CT molecular complexity index is 1510. The first-order chi connectivity index (χ1) is 15.5. The standard InChI is InChI=1S/C22H17F2N7O/c23-14-3-1-12(2-4-14)17-13(9-16-6-5-15(24)10-31(16)21(17)32)7-8-26-19-18-20(28-11-27-18)30-22(25)29-19/h1-6,9-11H,7-8H2,(H4,25,26,27,28,29,30). The highest BCUT2D eigenvalue weighted by Crippen LogP contribution is 2.24. The van der Waals surface area contributed by atoms with Gasteiger partial charge in [-0.3, -0.25) is 9.20 Å². The lowest BCUT2D eigenvalue weighted by Gasteiger charge is -2.13. The summed E-state index contributed by atoms with van der Waals surface area (Å²) in [5.41, 5.74) is 8.63. The molecule has 10 heteroatoms. The molecule has 0 saturated carbocycles. The van der Waals surface area contributed by atoms with Crippen LogP contribution in [0, 0.1) is 11.6 Å². The zero-order valence-corrected chi connectivity index (χ0v) is 16.6. The number of nitrogens with one attached hydrogen (secondary N) is 2. The molecule has 0 unspecified atom stereocenters. The Morgan fingerprint density at radius 2 is 1.84 bits per heavy atom. The number of pyridine rings is 2. The fraction of sp³-hybridized carbons (Fsp3) is 0.0909. The maximum Gasteiger partial charge on any atom is 0.263 e. The van der Waals surface area contributed by atoms with Crippen LogP contribution in [0.2, 0.25) is 0 Å². The largest absolute Gasteiger partial charge is 0.368 e. The summed E-state index contributed by atoms with van der Waals surface area (Å²) in [5, 5.41) is 3.19. The van der Waals surface area contributed by atoms with E-state index in [0.29, 0.717) is 46.6 Å². The summed E-state index contributed by atoms with van der Waals surface area (Å²) in [7, 11) is 0. The summed E-state index contributed by atoms with van der Waals surface area (Å²) < 4.78 is 28.5. The maximum absolute atomic E-state index is 13.8. The van der Waals surface area contributed by atoms with Crippen molar-refractivity contribution in [1.29, 1.82) is 0 Å². The Balaban J connectivity index is 1.54. The predicted molar refractivity (Wildman–Crippen MR) is 117 cm³/mol. The second kappa shape index (κ2) is 7.73. The number of nitrogens with two attached hydrogens (primary N) is 1. The van der Waals surface area contributed by atoms with Gasteiger partial charge in [-0.05, 0) is 47.9 Å². The highest BCUT2D eigenvalue weighted by molar-refractivity contribution is 5.83. The number of hydrogen-bond donors (Lipinski definition) is 3. The number of aromatic amines is 1. The van der Waals surface area contributed by atoms with Gasteiger partial charge in [0.2, 0.25) is 5.95 Å². The van der Waals surface area contributed by atoms with Gasteiger partial charge in [0, 0.05) is 18.3 Å². The third-order valence-electron chi connectivity index (χ3n) is 5.14. The van der Waals surface area contributed by atoms with Crippen LogP contribution in [0.4, 0.5) is 20.5 Å². The first kappa shape index (κ1) is 19.6. The Morgan fingerprint density at radius 1 is 1.06 bits per heavy atom. The number of hydrogen-bond acceptors (Lipinski definition) is 6.